The van der Waals surface area contributed by atoms with Gasteiger partial charge in [-0.2, -0.15) is 5.21 Å². The number of tetrazole rings is 1. The van der Waals surface area contributed by atoms with Crippen molar-refractivity contribution in [1.29, 1.82) is 0 Å². The van der Waals surface area contributed by atoms with Gasteiger partial charge in [0.1, 0.15) is 11.7 Å². The molecule has 1 atom stereocenters. The van der Waals surface area contributed by atoms with Gasteiger partial charge >= 0.3 is 0 Å². The highest BCUT2D eigenvalue weighted by Crippen LogP contribution is 2.29. The van der Waals surface area contributed by atoms with E-state index in [0.29, 0.717) is 36.1 Å². The number of nitrogens with one attached hydrogen (secondary N) is 4. The van der Waals surface area contributed by atoms with Crippen LogP contribution in [0.2, 0.25) is 0 Å². The second-order valence-corrected chi connectivity index (χ2v) is 13.6. The van der Waals surface area contributed by atoms with Crippen molar-refractivity contribution in [3.8, 4) is 22.5 Å². The van der Waals surface area contributed by atoms with Crippen LogP contribution in [0.1, 0.15) is 73.1 Å². The van der Waals surface area contributed by atoms with E-state index in [4.69, 9.17) is 11.5 Å². The van der Waals surface area contributed by atoms with E-state index < -0.39 is 6.04 Å². The number of aryl methyl sites for hydroxylation is 1. The number of H-pyrrole nitrogens is 1. The van der Waals surface area contributed by atoms with Gasteiger partial charge in [-0.3, -0.25) is 14.4 Å². The third-order valence-corrected chi connectivity index (χ3v) is 10.1. The van der Waals surface area contributed by atoms with E-state index in [-0.39, 0.29) is 35.7 Å². The fraction of sp³-hybridized carbons (Fsp3) is 0.432. The topological polar surface area (TPSA) is 207 Å². The summed E-state index contributed by atoms with van der Waals surface area (Å²) in [7, 11) is 0. The molecule has 0 spiro atoms. The first-order chi connectivity index (χ1) is 24.2. The molecule has 6 rings (SSSR count). The molecule has 13 nitrogen and oxygen atoms in total. The van der Waals surface area contributed by atoms with Crippen LogP contribution in [0.3, 0.4) is 0 Å². The van der Waals surface area contributed by atoms with Gasteiger partial charge in [0.15, 0.2) is 0 Å². The Bertz CT molecular complexity index is 1750. The Morgan fingerprint density at radius 1 is 0.880 bits per heavy atom. The van der Waals surface area contributed by atoms with E-state index in [0.717, 1.165) is 79.3 Å². The summed E-state index contributed by atoms with van der Waals surface area (Å²) in [4.78, 5) is 44.6. The molecule has 13 heteroatoms. The van der Waals surface area contributed by atoms with Gasteiger partial charge in [0, 0.05) is 46.9 Å². The minimum absolute atomic E-state index is 0.109. The number of anilines is 1. The lowest BCUT2D eigenvalue weighted by molar-refractivity contribution is -0.130. The van der Waals surface area contributed by atoms with E-state index in [1.807, 2.05) is 37.3 Å². The highest BCUT2D eigenvalue weighted by Gasteiger charge is 2.29. The van der Waals surface area contributed by atoms with Crippen molar-refractivity contribution in [1.82, 2.24) is 36.2 Å². The lowest BCUT2D eigenvalue weighted by Gasteiger charge is -2.28. The highest BCUT2D eigenvalue weighted by atomic mass is 16.2. The van der Waals surface area contributed by atoms with E-state index in [1.165, 1.54) is 0 Å². The maximum atomic E-state index is 13.7. The molecule has 4 aromatic rings. The summed E-state index contributed by atoms with van der Waals surface area (Å²) >= 11 is 0. The molecule has 2 aromatic carbocycles. The van der Waals surface area contributed by atoms with Gasteiger partial charge in [-0.1, -0.05) is 30.3 Å². The maximum absolute atomic E-state index is 13.7. The van der Waals surface area contributed by atoms with Crippen LogP contribution in [0.5, 0.6) is 0 Å². The highest BCUT2D eigenvalue weighted by molar-refractivity contribution is 5.98. The van der Waals surface area contributed by atoms with Gasteiger partial charge < -0.3 is 27.4 Å². The normalized spacial score (nSPS) is 21.2. The van der Waals surface area contributed by atoms with Crippen molar-refractivity contribution in [3.05, 3.63) is 77.6 Å². The predicted molar refractivity (Wildman–Crippen MR) is 190 cm³/mol. The number of carbonyl (C=O) groups excluding carboxylic acids is 3. The summed E-state index contributed by atoms with van der Waals surface area (Å²) in [6, 6.07) is 18.2. The van der Waals surface area contributed by atoms with Crippen molar-refractivity contribution in [2.24, 2.45) is 23.3 Å². The number of hydrogen-bond donors (Lipinski definition) is 6. The first-order valence-electron chi connectivity index (χ1n) is 17.5. The molecular formula is C37H46N10O3. The molecule has 2 aromatic heterocycles. The second-order valence-electron chi connectivity index (χ2n) is 13.6. The van der Waals surface area contributed by atoms with Crippen molar-refractivity contribution >= 4 is 23.4 Å². The Balaban J connectivity index is 1.13. The van der Waals surface area contributed by atoms with Gasteiger partial charge in [0.25, 0.3) is 5.91 Å². The molecule has 0 bridgehead atoms. The number of rotatable bonds is 11. The van der Waals surface area contributed by atoms with Crippen molar-refractivity contribution in [2.45, 2.75) is 82.8 Å². The van der Waals surface area contributed by atoms with Crippen LogP contribution in [0.25, 0.3) is 22.5 Å². The SMILES string of the molecule is Cc1nc(C(=O)N[C@H]2CC[C@H](N)CC2)ccc1-c1ccc(C[C@H](NC(=O)C2CCC(CN)CC2)C(=O)Nc2ccc(-c3nn[nH]n3)cc2)cc1. The fourth-order valence-electron chi connectivity index (χ4n) is 6.95. The molecule has 2 heterocycles. The number of amides is 3. The van der Waals surface area contributed by atoms with Crippen LogP contribution in [0.4, 0.5) is 5.69 Å². The van der Waals surface area contributed by atoms with E-state index >= 15 is 0 Å². The predicted octanol–water partition coefficient (Wildman–Crippen LogP) is 3.67. The molecule has 262 valence electrons. The van der Waals surface area contributed by atoms with Crippen molar-refractivity contribution in [3.63, 3.8) is 0 Å². The molecule has 50 heavy (non-hydrogen) atoms. The van der Waals surface area contributed by atoms with Crippen molar-refractivity contribution in [2.75, 3.05) is 11.9 Å². The first-order valence-corrected chi connectivity index (χ1v) is 17.5. The Labute approximate surface area is 291 Å². The van der Waals surface area contributed by atoms with Gasteiger partial charge in [-0.25, -0.2) is 4.98 Å². The summed E-state index contributed by atoms with van der Waals surface area (Å²) in [6.07, 6.45) is 7.25. The molecule has 0 unspecified atom stereocenters. The van der Waals surface area contributed by atoms with Gasteiger partial charge in [0.05, 0.1) is 0 Å². The number of aromatic amines is 1. The Kier molecular flexibility index (Phi) is 11.2. The van der Waals surface area contributed by atoms with E-state index in [1.54, 1.807) is 30.3 Å². The first kappa shape index (κ1) is 34.8. The summed E-state index contributed by atoms with van der Waals surface area (Å²) < 4.78 is 0. The van der Waals surface area contributed by atoms with E-state index in [2.05, 4.69) is 41.6 Å². The molecule has 8 N–H and O–H groups in total. The van der Waals surface area contributed by atoms with Crippen LogP contribution in [0, 0.1) is 18.8 Å². The zero-order valence-corrected chi connectivity index (χ0v) is 28.4. The molecule has 2 saturated carbocycles. The standard InChI is InChI=1S/C37H46N10O3/c1-22-31(18-19-32(40-22)36(49)41-30-16-12-28(39)13-17-30)25-6-2-23(3-7-25)20-33(43-35(48)27-8-4-24(21-38)5-9-27)37(50)42-29-14-10-26(11-15-29)34-44-46-47-45-34/h2-3,6-7,10-11,14-15,18-19,24,27-28,30,33H,4-5,8-9,12-13,16-17,20-21,38-39H2,1H3,(H,41,49)(H,42,50)(H,43,48)(H,44,45,46,47)/t24?,27?,28-,30-,33-/m0/s1. The molecule has 3 amide bonds. The number of benzene rings is 2. The lowest BCUT2D eigenvalue weighted by atomic mass is 9.81. The summed E-state index contributed by atoms with van der Waals surface area (Å²) in [6.45, 7) is 2.53. The number of carbonyl (C=O) groups is 3. The third-order valence-electron chi connectivity index (χ3n) is 10.1. The molecule has 2 aliphatic carbocycles. The monoisotopic (exact) mass is 678 g/mol. The zero-order chi connectivity index (χ0) is 35.0. The summed E-state index contributed by atoms with van der Waals surface area (Å²) in [5.41, 5.74) is 17.1. The number of pyridine rings is 1. The molecule has 0 saturated heterocycles. The van der Waals surface area contributed by atoms with Crippen LogP contribution in [-0.2, 0) is 16.0 Å². The molecule has 0 aliphatic heterocycles. The maximum Gasteiger partial charge on any atom is 0.270 e. The Hall–Kier alpha value is -5.01. The average Bonchev–Trinajstić information content (AvgIpc) is 3.68. The molecule has 2 aliphatic rings. The lowest BCUT2D eigenvalue weighted by Crippen LogP contribution is -2.48. The molecular weight excluding hydrogens is 632 g/mol. The van der Waals surface area contributed by atoms with Gasteiger partial charge in [-0.05, 0) is 117 Å². The minimum Gasteiger partial charge on any atom is -0.348 e. The summed E-state index contributed by atoms with van der Waals surface area (Å²) in [5.74, 6) is 0.163. The quantitative estimate of drug-likeness (QED) is 0.137. The molecule has 2 fully saturated rings. The van der Waals surface area contributed by atoms with Crippen LogP contribution in [0.15, 0.2) is 60.7 Å². The van der Waals surface area contributed by atoms with Crippen LogP contribution >= 0.6 is 0 Å². The van der Waals surface area contributed by atoms with Gasteiger partial charge in [0.2, 0.25) is 17.6 Å². The number of hydrogen-bond acceptors (Lipinski definition) is 9. The third kappa shape index (κ3) is 8.77. The van der Waals surface area contributed by atoms with Crippen LogP contribution < -0.4 is 27.4 Å². The second kappa shape index (κ2) is 16.1. The molecule has 0 radical (unpaired) electrons. The largest absolute Gasteiger partial charge is 0.348 e. The average molecular weight is 679 g/mol. The van der Waals surface area contributed by atoms with Gasteiger partial charge in [-0.15, -0.1) is 10.2 Å². The Morgan fingerprint density at radius 3 is 2.22 bits per heavy atom. The number of aromatic nitrogens is 5. The smallest absolute Gasteiger partial charge is 0.270 e. The fourth-order valence-corrected chi connectivity index (χ4v) is 6.95. The summed E-state index contributed by atoms with van der Waals surface area (Å²) in [5, 5.41) is 23.1. The van der Waals surface area contributed by atoms with Crippen LogP contribution in [-0.4, -0.2) is 68.0 Å². The van der Waals surface area contributed by atoms with Crippen molar-refractivity contribution < 1.29 is 14.4 Å². The zero-order valence-electron chi connectivity index (χ0n) is 28.4. The number of nitrogens with two attached hydrogens (primary N) is 2. The Morgan fingerprint density at radius 2 is 1.58 bits per heavy atom. The number of nitrogens with zero attached hydrogens (tertiary/aromatic N) is 4. The van der Waals surface area contributed by atoms with E-state index in [9.17, 15) is 14.4 Å². The minimum atomic E-state index is -0.793.